The number of benzene rings is 1. The van der Waals surface area contributed by atoms with Crippen LogP contribution in [0.25, 0.3) is 11.0 Å². The van der Waals surface area contributed by atoms with E-state index in [0.717, 1.165) is 16.7 Å². The third-order valence-electron chi connectivity index (χ3n) is 3.55. The van der Waals surface area contributed by atoms with Crippen molar-refractivity contribution >= 4 is 20.9 Å². The number of fused-ring (bicyclic) bond motifs is 1. The van der Waals surface area contributed by atoms with Gasteiger partial charge in [0.25, 0.3) is 0 Å². The van der Waals surface area contributed by atoms with Gasteiger partial charge in [0, 0.05) is 6.26 Å². The molecule has 0 atom stereocenters. The number of sulfone groups is 1. The molecule has 0 saturated heterocycles. The fraction of sp³-hybridized carbons (Fsp3) is 0.294. The Morgan fingerprint density at radius 1 is 1.17 bits per heavy atom. The summed E-state index contributed by atoms with van der Waals surface area (Å²) in [6.45, 7) is 2.96. The number of hydrogen-bond donors (Lipinski definition) is 0. The summed E-state index contributed by atoms with van der Waals surface area (Å²) in [6.07, 6.45) is 2.89. The van der Waals surface area contributed by atoms with Crippen LogP contribution >= 0.6 is 0 Å². The molecule has 0 spiro atoms. The number of rotatable bonds is 6. The van der Waals surface area contributed by atoms with Gasteiger partial charge in [-0.15, -0.1) is 0 Å². The summed E-state index contributed by atoms with van der Waals surface area (Å²) < 4.78 is 30.7. The van der Waals surface area contributed by atoms with Gasteiger partial charge in [0.2, 0.25) is 0 Å². The Balaban J connectivity index is 1.99. The first-order valence-electron chi connectivity index (χ1n) is 7.66. The first-order valence-corrected chi connectivity index (χ1v) is 9.72. The van der Waals surface area contributed by atoms with Gasteiger partial charge in [0.15, 0.2) is 9.84 Å². The van der Waals surface area contributed by atoms with Crippen LogP contribution in [-0.2, 0) is 22.1 Å². The van der Waals surface area contributed by atoms with E-state index >= 15 is 0 Å². The van der Waals surface area contributed by atoms with Gasteiger partial charge in [0.1, 0.15) is 17.3 Å². The van der Waals surface area contributed by atoms with Crippen LogP contribution in [-0.4, -0.2) is 35.8 Å². The minimum atomic E-state index is -3.18. The minimum Gasteiger partial charge on any atom is -0.492 e. The Morgan fingerprint density at radius 2 is 1.96 bits per heavy atom. The van der Waals surface area contributed by atoms with Crippen LogP contribution in [0.3, 0.4) is 0 Å². The van der Waals surface area contributed by atoms with Crippen LogP contribution in [0, 0.1) is 0 Å². The lowest BCUT2D eigenvalue weighted by atomic mass is 10.3. The summed E-state index contributed by atoms with van der Waals surface area (Å²) in [4.78, 5) is 8.87. The van der Waals surface area contributed by atoms with Crippen molar-refractivity contribution in [2.24, 2.45) is 0 Å². The molecular weight excluding hydrogens is 326 g/mol. The molecule has 0 amide bonds. The Hall–Kier alpha value is -2.41. The van der Waals surface area contributed by atoms with Crippen molar-refractivity contribution in [2.45, 2.75) is 19.2 Å². The van der Waals surface area contributed by atoms with E-state index < -0.39 is 9.84 Å². The topological polar surface area (TPSA) is 74.1 Å². The molecule has 3 aromatic rings. The maximum atomic E-state index is 11.7. The first-order chi connectivity index (χ1) is 11.5. The zero-order valence-electron chi connectivity index (χ0n) is 13.6. The SMILES string of the molecule is CCOc1ccc(Cn2c(CS(C)(=O)=O)nc3ccccc32)nc1. The van der Waals surface area contributed by atoms with Crippen LogP contribution in [0.5, 0.6) is 5.75 Å². The number of para-hydroxylation sites is 2. The average molecular weight is 345 g/mol. The maximum Gasteiger partial charge on any atom is 0.154 e. The monoisotopic (exact) mass is 345 g/mol. The van der Waals surface area contributed by atoms with E-state index in [0.29, 0.717) is 24.7 Å². The molecule has 126 valence electrons. The van der Waals surface area contributed by atoms with Crippen molar-refractivity contribution in [3.8, 4) is 5.75 Å². The average Bonchev–Trinajstić information content (AvgIpc) is 2.85. The zero-order valence-corrected chi connectivity index (χ0v) is 14.5. The van der Waals surface area contributed by atoms with Crippen LogP contribution in [0.2, 0.25) is 0 Å². The van der Waals surface area contributed by atoms with E-state index in [1.807, 2.05) is 47.9 Å². The lowest BCUT2D eigenvalue weighted by molar-refractivity contribution is 0.338. The second-order valence-electron chi connectivity index (χ2n) is 5.59. The molecule has 24 heavy (non-hydrogen) atoms. The maximum absolute atomic E-state index is 11.7. The lowest BCUT2D eigenvalue weighted by Crippen LogP contribution is -2.11. The molecule has 0 aliphatic heterocycles. The fourth-order valence-corrected chi connectivity index (χ4v) is 3.25. The van der Waals surface area contributed by atoms with Gasteiger partial charge in [-0.05, 0) is 31.2 Å². The van der Waals surface area contributed by atoms with Crippen molar-refractivity contribution in [3.05, 3.63) is 54.1 Å². The summed E-state index contributed by atoms with van der Waals surface area (Å²) in [7, 11) is -3.18. The van der Waals surface area contributed by atoms with Crippen LogP contribution < -0.4 is 4.74 Å². The largest absolute Gasteiger partial charge is 0.492 e. The molecular formula is C17H19N3O3S. The van der Waals surface area contributed by atoms with E-state index in [1.54, 1.807) is 6.20 Å². The smallest absolute Gasteiger partial charge is 0.154 e. The number of nitrogens with zero attached hydrogens (tertiary/aromatic N) is 3. The fourth-order valence-electron chi connectivity index (χ4n) is 2.57. The number of imidazole rings is 1. The predicted molar refractivity (Wildman–Crippen MR) is 92.8 cm³/mol. The molecule has 0 radical (unpaired) electrons. The van der Waals surface area contributed by atoms with Crippen LogP contribution in [0.15, 0.2) is 42.6 Å². The van der Waals surface area contributed by atoms with Gasteiger partial charge in [-0.3, -0.25) is 4.98 Å². The highest BCUT2D eigenvalue weighted by Gasteiger charge is 2.15. The van der Waals surface area contributed by atoms with Crippen molar-refractivity contribution in [3.63, 3.8) is 0 Å². The Bertz CT molecular complexity index is 947. The molecule has 0 fully saturated rings. The molecule has 1 aromatic carbocycles. The van der Waals surface area contributed by atoms with E-state index in [1.165, 1.54) is 6.26 Å². The van der Waals surface area contributed by atoms with Crippen molar-refractivity contribution in [1.29, 1.82) is 0 Å². The minimum absolute atomic E-state index is 0.0985. The molecule has 0 saturated carbocycles. The van der Waals surface area contributed by atoms with E-state index in [9.17, 15) is 8.42 Å². The highest BCUT2D eigenvalue weighted by atomic mass is 32.2. The number of pyridine rings is 1. The van der Waals surface area contributed by atoms with E-state index in [-0.39, 0.29) is 5.75 Å². The quantitative estimate of drug-likeness (QED) is 0.686. The summed E-state index contributed by atoms with van der Waals surface area (Å²) >= 11 is 0. The van der Waals surface area contributed by atoms with Gasteiger partial charge in [-0.2, -0.15) is 0 Å². The van der Waals surface area contributed by atoms with Crippen molar-refractivity contribution in [2.75, 3.05) is 12.9 Å². The first kappa shape index (κ1) is 16.4. The molecule has 0 aliphatic rings. The molecule has 0 N–H and O–H groups in total. The van der Waals surface area contributed by atoms with Crippen LogP contribution in [0.4, 0.5) is 0 Å². The molecule has 0 aliphatic carbocycles. The number of ether oxygens (including phenoxy) is 1. The molecule has 6 nitrogen and oxygen atoms in total. The molecule has 3 rings (SSSR count). The third-order valence-corrected chi connectivity index (χ3v) is 4.34. The van der Waals surface area contributed by atoms with E-state index in [2.05, 4.69) is 9.97 Å². The summed E-state index contributed by atoms with van der Waals surface area (Å²) in [5, 5.41) is 0. The molecule has 7 heteroatoms. The standard InChI is InChI=1S/C17H19N3O3S/c1-3-23-14-9-8-13(18-10-14)11-20-16-7-5-4-6-15(16)19-17(20)12-24(2,21)22/h4-10H,3,11-12H2,1-2H3. The van der Waals surface area contributed by atoms with Gasteiger partial charge in [-0.1, -0.05) is 12.1 Å². The second-order valence-corrected chi connectivity index (χ2v) is 7.73. The van der Waals surface area contributed by atoms with Crippen LogP contribution in [0.1, 0.15) is 18.4 Å². The third kappa shape index (κ3) is 3.73. The highest BCUT2D eigenvalue weighted by molar-refractivity contribution is 7.89. The number of hydrogen-bond acceptors (Lipinski definition) is 5. The predicted octanol–water partition coefficient (Wildman–Crippen LogP) is 2.42. The Morgan fingerprint density at radius 3 is 2.62 bits per heavy atom. The summed E-state index contributed by atoms with van der Waals surface area (Å²) in [5.41, 5.74) is 2.49. The van der Waals surface area contributed by atoms with Gasteiger partial charge in [-0.25, -0.2) is 13.4 Å². The zero-order chi connectivity index (χ0) is 17.2. The number of aromatic nitrogens is 3. The van der Waals surface area contributed by atoms with E-state index in [4.69, 9.17) is 4.74 Å². The van der Waals surface area contributed by atoms with Crippen molar-refractivity contribution < 1.29 is 13.2 Å². The summed E-state index contributed by atoms with van der Waals surface area (Å²) in [6, 6.07) is 11.4. The molecule has 2 aromatic heterocycles. The second kappa shape index (κ2) is 6.60. The lowest BCUT2D eigenvalue weighted by Gasteiger charge is -2.09. The molecule has 0 unspecified atom stereocenters. The van der Waals surface area contributed by atoms with Gasteiger partial charge < -0.3 is 9.30 Å². The normalized spacial score (nSPS) is 11.8. The molecule has 0 bridgehead atoms. The van der Waals surface area contributed by atoms with Gasteiger partial charge >= 0.3 is 0 Å². The van der Waals surface area contributed by atoms with Gasteiger partial charge in [0.05, 0.1) is 36.1 Å². The molecule has 2 heterocycles. The highest BCUT2D eigenvalue weighted by Crippen LogP contribution is 2.19. The summed E-state index contributed by atoms with van der Waals surface area (Å²) in [5.74, 6) is 1.14. The Labute approximate surface area is 141 Å². The Kier molecular flexibility index (Phi) is 4.53. The van der Waals surface area contributed by atoms with Crippen molar-refractivity contribution in [1.82, 2.24) is 14.5 Å².